The van der Waals surface area contributed by atoms with E-state index in [0.717, 1.165) is 29.6 Å². The van der Waals surface area contributed by atoms with Crippen molar-refractivity contribution < 1.29 is 14.3 Å². The van der Waals surface area contributed by atoms with Crippen molar-refractivity contribution >= 4 is 17.9 Å². The summed E-state index contributed by atoms with van der Waals surface area (Å²) in [6, 6.07) is 10.8. The highest BCUT2D eigenvalue weighted by atomic mass is 35.5. The minimum Gasteiger partial charge on any atom is -0.493 e. The molecule has 0 aliphatic carbocycles. The number of rotatable bonds is 4. The predicted octanol–water partition coefficient (Wildman–Crippen LogP) is 3.67. The van der Waals surface area contributed by atoms with Gasteiger partial charge in [0.1, 0.15) is 24.4 Å². The van der Waals surface area contributed by atoms with E-state index < -0.39 is 0 Å². The number of benzene rings is 2. The van der Waals surface area contributed by atoms with Gasteiger partial charge in [0, 0.05) is 22.6 Å². The Hall–Kier alpha value is -2.00. The molecule has 0 amide bonds. The number of carbonyl (C=O) groups is 1. The van der Waals surface area contributed by atoms with Crippen LogP contribution < -0.4 is 9.47 Å². The minimum absolute atomic E-state index is 0.392. The number of aldehydes is 1. The molecule has 3 rings (SSSR count). The maximum atomic E-state index is 10.6. The Labute approximate surface area is 122 Å². The summed E-state index contributed by atoms with van der Waals surface area (Å²) in [4.78, 5) is 10.6. The van der Waals surface area contributed by atoms with Gasteiger partial charge in [-0.2, -0.15) is 0 Å². The van der Waals surface area contributed by atoms with E-state index >= 15 is 0 Å². The third-order valence-electron chi connectivity index (χ3n) is 3.24. The van der Waals surface area contributed by atoms with Gasteiger partial charge in [-0.1, -0.05) is 11.6 Å². The molecule has 3 nitrogen and oxygen atoms in total. The molecular formula is C16H13ClO3. The normalized spacial score (nSPS) is 12.7. The van der Waals surface area contributed by atoms with E-state index in [0.29, 0.717) is 29.5 Å². The molecule has 20 heavy (non-hydrogen) atoms. The van der Waals surface area contributed by atoms with Crippen molar-refractivity contribution in [2.45, 2.75) is 13.0 Å². The van der Waals surface area contributed by atoms with E-state index in [2.05, 4.69) is 0 Å². The fourth-order valence-electron chi connectivity index (χ4n) is 2.26. The van der Waals surface area contributed by atoms with Gasteiger partial charge in [0.05, 0.1) is 6.61 Å². The average Bonchev–Trinajstić information content (AvgIpc) is 2.93. The van der Waals surface area contributed by atoms with Crippen molar-refractivity contribution in [1.29, 1.82) is 0 Å². The monoisotopic (exact) mass is 288 g/mol. The van der Waals surface area contributed by atoms with E-state index in [4.69, 9.17) is 21.1 Å². The highest BCUT2D eigenvalue weighted by Crippen LogP contribution is 2.33. The predicted molar refractivity (Wildman–Crippen MR) is 76.8 cm³/mol. The van der Waals surface area contributed by atoms with Gasteiger partial charge in [-0.3, -0.25) is 4.79 Å². The minimum atomic E-state index is 0.392. The zero-order valence-corrected chi connectivity index (χ0v) is 11.5. The van der Waals surface area contributed by atoms with Crippen molar-refractivity contribution in [3.05, 3.63) is 58.1 Å². The lowest BCUT2D eigenvalue weighted by Gasteiger charge is -2.10. The van der Waals surface area contributed by atoms with E-state index in [1.165, 1.54) is 0 Å². The van der Waals surface area contributed by atoms with Gasteiger partial charge in [0.25, 0.3) is 0 Å². The van der Waals surface area contributed by atoms with Crippen LogP contribution in [-0.2, 0) is 13.0 Å². The van der Waals surface area contributed by atoms with E-state index in [1.807, 2.05) is 12.1 Å². The molecule has 0 saturated heterocycles. The standard InChI is InChI=1S/C16H13ClO3/c17-14-7-12-5-6-19-16(12)13(8-14)10-20-15-3-1-11(9-18)2-4-15/h1-4,7-9H,5-6,10H2. The Morgan fingerprint density at radius 1 is 1.25 bits per heavy atom. The summed E-state index contributed by atoms with van der Waals surface area (Å²) in [5, 5.41) is 0.698. The molecule has 0 N–H and O–H groups in total. The van der Waals surface area contributed by atoms with Gasteiger partial charge in [-0.15, -0.1) is 0 Å². The molecule has 0 saturated carbocycles. The zero-order valence-electron chi connectivity index (χ0n) is 10.8. The molecule has 102 valence electrons. The Bertz CT molecular complexity index is 635. The summed E-state index contributed by atoms with van der Waals surface area (Å²) in [6.45, 7) is 1.08. The first-order chi connectivity index (χ1) is 9.76. The summed E-state index contributed by atoms with van der Waals surface area (Å²) in [5.41, 5.74) is 2.71. The Morgan fingerprint density at radius 2 is 2.05 bits per heavy atom. The first kappa shape index (κ1) is 13.0. The Kier molecular flexibility index (Phi) is 3.61. The molecule has 0 unspecified atom stereocenters. The summed E-state index contributed by atoms with van der Waals surface area (Å²) in [7, 11) is 0. The van der Waals surface area contributed by atoms with Crippen molar-refractivity contribution in [3.63, 3.8) is 0 Å². The lowest BCUT2D eigenvalue weighted by atomic mass is 10.1. The maximum absolute atomic E-state index is 10.6. The zero-order chi connectivity index (χ0) is 13.9. The Morgan fingerprint density at radius 3 is 2.80 bits per heavy atom. The van der Waals surface area contributed by atoms with Crippen LogP contribution in [0, 0.1) is 0 Å². The highest BCUT2D eigenvalue weighted by molar-refractivity contribution is 6.30. The molecule has 1 aliphatic heterocycles. The number of ether oxygens (including phenoxy) is 2. The number of hydrogen-bond donors (Lipinski definition) is 0. The molecule has 0 aromatic heterocycles. The third-order valence-corrected chi connectivity index (χ3v) is 3.45. The summed E-state index contributed by atoms with van der Waals surface area (Å²) < 4.78 is 11.3. The number of halogens is 1. The van der Waals surface area contributed by atoms with E-state index in [9.17, 15) is 4.79 Å². The van der Waals surface area contributed by atoms with Gasteiger partial charge >= 0.3 is 0 Å². The van der Waals surface area contributed by atoms with Crippen molar-refractivity contribution in [2.75, 3.05) is 6.61 Å². The summed E-state index contributed by atoms with van der Waals surface area (Å²) in [5.74, 6) is 1.60. The van der Waals surface area contributed by atoms with Gasteiger partial charge in [0.2, 0.25) is 0 Å². The molecule has 0 spiro atoms. The van der Waals surface area contributed by atoms with Crippen molar-refractivity contribution in [1.82, 2.24) is 0 Å². The molecule has 4 heteroatoms. The molecule has 0 radical (unpaired) electrons. The second-order valence-corrected chi connectivity index (χ2v) is 5.06. The van der Waals surface area contributed by atoms with Crippen molar-refractivity contribution in [2.24, 2.45) is 0 Å². The molecule has 1 aliphatic rings. The number of fused-ring (bicyclic) bond motifs is 1. The molecule has 0 fully saturated rings. The van der Waals surface area contributed by atoms with Gasteiger partial charge in [-0.05, 0) is 42.0 Å². The molecule has 2 aromatic rings. The lowest BCUT2D eigenvalue weighted by Crippen LogP contribution is -1.99. The maximum Gasteiger partial charge on any atom is 0.150 e. The lowest BCUT2D eigenvalue weighted by molar-refractivity contribution is 0.112. The second-order valence-electron chi connectivity index (χ2n) is 4.63. The highest BCUT2D eigenvalue weighted by Gasteiger charge is 2.17. The van der Waals surface area contributed by atoms with Crippen LogP contribution in [-0.4, -0.2) is 12.9 Å². The first-order valence-corrected chi connectivity index (χ1v) is 6.76. The molecule has 1 heterocycles. The van der Waals surface area contributed by atoms with E-state index in [1.54, 1.807) is 24.3 Å². The fourth-order valence-corrected chi connectivity index (χ4v) is 2.52. The molecule has 0 bridgehead atoms. The topological polar surface area (TPSA) is 35.5 Å². The van der Waals surface area contributed by atoms with Crippen LogP contribution in [0.5, 0.6) is 11.5 Å². The van der Waals surface area contributed by atoms with Crippen molar-refractivity contribution in [3.8, 4) is 11.5 Å². The van der Waals surface area contributed by atoms with Gasteiger partial charge < -0.3 is 9.47 Å². The van der Waals surface area contributed by atoms with Crippen LogP contribution in [0.1, 0.15) is 21.5 Å². The van der Waals surface area contributed by atoms with Crippen LogP contribution in [0.15, 0.2) is 36.4 Å². The summed E-state index contributed by atoms with van der Waals surface area (Å²) in [6.07, 6.45) is 1.69. The third kappa shape index (κ3) is 2.63. The number of carbonyl (C=O) groups excluding carboxylic acids is 1. The fraction of sp³-hybridized carbons (Fsp3) is 0.188. The van der Waals surface area contributed by atoms with Crippen LogP contribution >= 0.6 is 11.6 Å². The molecule has 2 aromatic carbocycles. The van der Waals surface area contributed by atoms with Crippen LogP contribution in [0.3, 0.4) is 0 Å². The molecular weight excluding hydrogens is 276 g/mol. The quantitative estimate of drug-likeness (QED) is 0.805. The smallest absolute Gasteiger partial charge is 0.150 e. The van der Waals surface area contributed by atoms with Crippen LogP contribution in [0.2, 0.25) is 5.02 Å². The second kappa shape index (κ2) is 5.55. The van der Waals surface area contributed by atoms with Crippen LogP contribution in [0.25, 0.3) is 0 Å². The average molecular weight is 289 g/mol. The van der Waals surface area contributed by atoms with Gasteiger partial charge in [0.15, 0.2) is 0 Å². The first-order valence-electron chi connectivity index (χ1n) is 6.38. The van der Waals surface area contributed by atoms with E-state index in [-0.39, 0.29) is 0 Å². The Balaban J connectivity index is 1.76. The van der Waals surface area contributed by atoms with Gasteiger partial charge in [-0.25, -0.2) is 0 Å². The summed E-state index contributed by atoms with van der Waals surface area (Å²) >= 11 is 6.10. The molecule has 0 atom stereocenters. The van der Waals surface area contributed by atoms with Crippen LogP contribution in [0.4, 0.5) is 0 Å². The SMILES string of the molecule is O=Cc1ccc(OCc2cc(Cl)cc3c2OCC3)cc1. The number of hydrogen-bond acceptors (Lipinski definition) is 3. The largest absolute Gasteiger partial charge is 0.493 e.